The van der Waals surface area contributed by atoms with Crippen LogP contribution in [0.15, 0.2) is 48.5 Å². The second-order valence-corrected chi connectivity index (χ2v) is 8.05. The maximum atomic E-state index is 13.3. The molecule has 0 spiro atoms. The van der Waals surface area contributed by atoms with Gasteiger partial charge < -0.3 is 15.4 Å². The number of Topliss-reactive ketones (excluding diaryl/α,β-unsaturated/α-hetero) is 1. The minimum Gasteiger partial charge on any atom is -0.489 e. The Morgan fingerprint density at radius 1 is 1.13 bits per heavy atom. The fraction of sp³-hybridized carbons (Fsp3) is 0.348. The summed E-state index contributed by atoms with van der Waals surface area (Å²) in [7, 11) is 0. The van der Waals surface area contributed by atoms with E-state index in [1.54, 1.807) is 12.1 Å². The largest absolute Gasteiger partial charge is 0.489 e. The van der Waals surface area contributed by atoms with Gasteiger partial charge in [0.25, 0.3) is 11.8 Å². The van der Waals surface area contributed by atoms with Gasteiger partial charge >= 0.3 is 0 Å². The van der Waals surface area contributed by atoms with Crippen LogP contribution in [0, 0.1) is 0 Å². The van der Waals surface area contributed by atoms with Gasteiger partial charge in [0.1, 0.15) is 11.8 Å². The summed E-state index contributed by atoms with van der Waals surface area (Å²) in [5, 5.41) is 0.309. The molecule has 1 fully saturated rings. The maximum absolute atomic E-state index is 13.3. The minimum absolute atomic E-state index is 0.0599. The van der Waals surface area contributed by atoms with Crippen molar-refractivity contribution in [2.45, 2.75) is 44.8 Å². The topological polar surface area (TPSA) is 89.7 Å². The van der Waals surface area contributed by atoms with Crippen LogP contribution in [0.4, 0.5) is 0 Å². The number of carbonyl (C=O) groups is 3. The molecular formula is C23H25ClN2O4. The molecule has 0 bridgehead atoms. The van der Waals surface area contributed by atoms with E-state index in [9.17, 15) is 14.4 Å². The van der Waals surface area contributed by atoms with Crippen LogP contribution in [0.5, 0.6) is 5.75 Å². The number of nitrogens with zero attached hydrogens (tertiary/aromatic N) is 1. The summed E-state index contributed by atoms with van der Waals surface area (Å²) in [6, 6.07) is 13.2. The van der Waals surface area contributed by atoms with E-state index in [1.807, 2.05) is 44.2 Å². The summed E-state index contributed by atoms with van der Waals surface area (Å²) in [4.78, 5) is 39.3. The zero-order chi connectivity index (χ0) is 21.8. The van der Waals surface area contributed by atoms with Crippen LogP contribution >= 0.6 is 11.6 Å². The van der Waals surface area contributed by atoms with Gasteiger partial charge in [-0.25, -0.2) is 0 Å². The van der Waals surface area contributed by atoms with Gasteiger partial charge in [-0.3, -0.25) is 14.4 Å². The van der Waals surface area contributed by atoms with E-state index in [4.69, 9.17) is 22.1 Å². The van der Waals surface area contributed by atoms with Crippen molar-refractivity contribution in [1.29, 1.82) is 0 Å². The molecule has 0 saturated carbocycles. The van der Waals surface area contributed by atoms with Gasteiger partial charge in [0.2, 0.25) is 5.78 Å². The molecule has 1 heterocycles. The molecule has 0 radical (unpaired) electrons. The smallest absolute Gasteiger partial charge is 0.287 e. The van der Waals surface area contributed by atoms with Gasteiger partial charge in [-0.2, -0.15) is 0 Å². The number of hydrogen-bond acceptors (Lipinski definition) is 4. The first-order chi connectivity index (χ1) is 14.3. The fourth-order valence-electron chi connectivity index (χ4n) is 3.89. The monoisotopic (exact) mass is 428 g/mol. The van der Waals surface area contributed by atoms with E-state index in [2.05, 4.69) is 0 Å². The third kappa shape index (κ3) is 4.65. The molecule has 2 aromatic rings. The zero-order valence-electron chi connectivity index (χ0n) is 17.0. The van der Waals surface area contributed by atoms with Gasteiger partial charge in [0.15, 0.2) is 0 Å². The standard InChI is InChI=1S/C23H25ClN2O4/c1-14(2)30-19-11-10-16(13-18(19)24)23(29)26-12-6-9-17(15-7-4-3-5-8-15)20(26)21(27)22(25)28/h3-5,7-8,10-11,13-14,17,20H,6,9,12H2,1-2H3,(H2,25,28). The highest BCUT2D eigenvalue weighted by Gasteiger charge is 2.42. The number of halogens is 1. The van der Waals surface area contributed by atoms with Crippen LogP contribution in [0.3, 0.4) is 0 Å². The summed E-state index contributed by atoms with van der Waals surface area (Å²) in [5.41, 5.74) is 6.56. The number of likely N-dealkylation sites (tertiary alicyclic amines) is 1. The molecule has 7 heteroatoms. The SMILES string of the molecule is CC(C)Oc1ccc(C(=O)N2CCCC(c3ccccc3)C2C(=O)C(N)=O)cc1Cl. The normalized spacial score (nSPS) is 18.9. The zero-order valence-corrected chi connectivity index (χ0v) is 17.8. The first-order valence-corrected chi connectivity index (χ1v) is 10.3. The summed E-state index contributed by atoms with van der Waals surface area (Å²) in [5.74, 6) is -1.99. The lowest BCUT2D eigenvalue weighted by atomic mass is 9.81. The highest BCUT2D eigenvalue weighted by Crippen LogP contribution is 2.35. The number of piperidine rings is 1. The molecule has 2 N–H and O–H groups in total. The van der Waals surface area contributed by atoms with Crippen LogP contribution in [0.25, 0.3) is 0 Å². The number of amides is 2. The summed E-state index contributed by atoms with van der Waals surface area (Å²) < 4.78 is 5.62. The van der Waals surface area contributed by atoms with Crippen LogP contribution in [0.1, 0.15) is 48.5 Å². The van der Waals surface area contributed by atoms with Crippen LogP contribution in [0.2, 0.25) is 5.02 Å². The van der Waals surface area contributed by atoms with E-state index in [-0.39, 0.29) is 17.9 Å². The van der Waals surface area contributed by atoms with Crippen molar-refractivity contribution in [3.05, 3.63) is 64.7 Å². The van der Waals surface area contributed by atoms with E-state index in [1.165, 1.54) is 11.0 Å². The molecule has 1 saturated heterocycles. The maximum Gasteiger partial charge on any atom is 0.287 e. The van der Waals surface area contributed by atoms with Gasteiger partial charge in [0.05, 0.1) is 11.1 Å². The number of hydrogen-bond donors (Lipinski definition) is 1. The molecular weight excluding hydrogens is 404 g/mol. The van der Waals surface area contributed by atoms with E-state index in [0.717, 1.165) is 5.56 Å². The third-order valence-electron chi connectivity index (χ3n) is 5.17. The lowest BCUT2D eigenvalue weighted by Gasteiger charge is -2.40. The van der Waals surface area contributed by atoms with Gasteiger partial charge in [-0.1, -0.05) is 41.9 Å². The number of rotatable bonds is 6. The number of benzene rings is 2. The van der Waals surface area contributed by atoms with E-state index >= 15 is 0 Å². The molecule has 2 amide bonds. The molecule has 0 aromatic heterocycles. The first kappa shape index (κ1) is 21.8. The molecule has 1 aliphatic heterocycles. The highest BCUT2D eigenvalue weighted by atomic mass is 35.5. The minimum atomic E-state index is -1.04. The first-order valence-electron chi connectivity index (χ1n) is 9.95. The summed E-state index contributed by atoms with van der Waals surface area (Å²) in [6.07, 6.45) is 1.32. The second-order valence-electron chi connectivity index (χ2n) is 7.64. The molecule has 1 aliphatic rings. The molecule has 2 atom stereocenters. The van der Waals surface area contributed by atoms with Crippen LogP contribution < -0.4 is 10.5 Å². The number of nitrogens with two attached hydrogens (primary N) is 1. The average molecular weight is 429 g/mol. The highest BCUT2D eigenvalue weighted by molar-refractivity contribution is 6.38. The van der Waals surface area contributed by atoms with Gasteiger partial charge in [0, 0.05) is 18.0 Å². The van der Waals surface area contributed by atoms with E-state index in [0.29, 0.717) is 35.7 Å². The Morgan fingerprint density at radius 2 is 1.83 bits per heavy atom. The Labute approximate surface area is 180 Å². The van der Waals surface area contributed by atoms with Crippen molar-refractivity contribution in [3.63, 3.8) is 0 Å². The quantitative estimate of drug-likeness (QED) is 0.712. The van der Waals surface area contributed by atoms with Crippen molar-refractivity contribution >= 4 is 29.2 Å². The summed E-state index contributed by atoms with van der Waals surface area (Å²) >= 11 is 6.29. The molecule has 2 aromatic carbocycles. The Hall–Kier alpha value is -2.86. The lowest BCUT2D eigenvalue weighted by Crippen LogP contribution is -2.54. The Kier molecular flexibility index (Phi) is 6.77. The summed E-state index contributed by atoms with van der Waals surface area (Å²) in [6.45, 7) is 4.12. The van der Waals surface area contributed by atoms with Crippen molar-refractivity contribution < 1.29 is 19.1 Å². The second kappa shape index (κ2) is 9.30. The Balaban J connectivity index is 1.95. The molecule has 3 rings (SSSR count). The number of primary amides is 1. The molecule has 30 heavy (non-hydrogen) atoms. The number of ketones is 1. The van der Waals surface area contributed by atoms with Crippen LogP contribution in [-0.4, -0.2) is 41.2 Å². The lowest BCUT2D eigenvalue weighted by molar-refractivity contribution is -0.139. The average Bonchev–Trinajstić information content (AvgIpc) is 2.73. The Bertz CT molecular complexity index is 945. The third-order valence-corrected chi connectivity index (χ3v) is 5.47. The molecule has 2 unspecified atom stereocenters. The number of ether oxygens (including phenoxy) is 1. The van der Waals surface area contributed by atoms with E-state index < -0.39 is 17.7 Å². The molecule has 0 aliphatic carbocycles. The predicted molar refractivity (Wildman–Crippen MR) is 115 cm³/mol. The van der Waals surface area contributed by atoms with Crippen molar-refractivity contribution in [3.8, 4) is 5.75 Å². The van der Waals surface area contributed by atoms with Crippen LogP contribution in [-0.2, 0) is 9.59 Å². The predicted octanol–water partition coefficient (Wildman–Crippen LogP) is 3.57. The Morgan fingerprint density at radius 3 is 2.43 bits per heavy atom. The van der Waals surface area contributed by atoms with Crippen molar-refractivity contribution in [2.75, 3.05) is 6.54 Å². The molecule has 158 valence electrons. The number of carbonyl (C=O) groups excluding carboxylic acids is 3. The van der Waals surface area contributed by atoms with Crippen molar-refractivity contribution in [1.82, 2.24) is 4.90 Å². The fourth-order valence-corrected chi connectivity index (χ4v) is 4.12. The van der Waals surface area contributed by atoms with Gasteiger partial charge in [-0.05, 0) is 50.5 Å². The van der Waals surface area contributed by atoms with Crippen molar-refractivity contribution in [2.24, 2.45) is 5.73 Å². The molecule has 6 nitrogen and oxygen atoms in total. The van der Waals surface area contributed by atoms with Gasteiger partial charge in [-0.15, -0.1) is 0 Å².